The number of anilines is 2. The molecule has 0 aliphatic rings. The molecule has 3 aromatic rings. The van der Waals surface area contributed by atoms with Crippen molar-refractivity contribution in [3.63, 3.8) is 0 Å². The lowest BCUT2D eigenvalue weighted by molar-refractivity contribution is -0.671. The van der Waals surface area contributed by atoms with E-state index in [0.717, 1.165) is 37.7 Å². The van der Waals surface area contributed by atoms with Gasteiger partial charge < -0.3 is 15.1 Å². The molecule has 4 nitrogen and oxygen atoms in total. The number of benzene rings is 2. The van der Waals surface area contributed by atoms with Crippen molar-refractivity contribution in [3.8, 4) is 0 Å². The number of pyridine rings is 1. The molecule has 3 rings (SSSR count). The molecule has 1 aromatic heterocycles. The molecule has 0 fully saturated rings. The van der Waals surface area contributed by atoms with Crippen molar-refractivity contribution in [2.45, 2.75) is 20.8 Å². The van der Waals surface area contributed by atoms with Gasteiger partial charge in [-0.25, -0.2) is 4.57 Å². The van der Waals surface area contributed by atoms with Crippen LogP contribution in [0, 0.1) is 0 Å². The van der Waals surface area contributed by atoms with E-state index in [4.69, 9.17) is 0 Å². The Morgan fingerprint density at radius 3 is 1.64 bits per heavy atom. The average molecular weight is 601 g/mol. The first kappa shape index (κ1) is 33.3. The number of rotatable bonds is 17. The fraction of sp³-hybridized carbons (Fsp3) is 0.306. The topological polar surface area (TPSA) is 27.0 Å². The number of allylic oxidation sites excluding steroid dienone is 4. The van der Waals surface area contributed by atoms with Crippen molar-refractivity contribution in [1.29, 1.82) is 0 Å². The molecular formula is C36H48N4S2+2. The lowest BCUT2D eigenvalue weighted by Gasteiger charge is -2.24. The molecule has 0 saturated heterocycles. The van der Waals surface area contributed by atoms with Crippen molar-refractivity contribution < 1.29 is 9.88 Å². The smallest absolute Gasteiger partial charge is 0.169 e. The summed E-state index contributed by atoms with van der Waals surface area (Å²) in [7, 11) is 8.04. The zero-order chi connectivity index (χ0) is 30.0. The molecule has 0 aliphatic carbocycles. The summed E-state index contributed by atoms with van der Waals surface area (Å²) >= 11 is 0. The second-order valence-corrected chi connectivity index (χ2v) is 12.6. The summed E-state index contributed by atoms with van der Waals surface area (Å²) in [5, 5.41) is 2.05. The Kier molecular flexibility index (Phi) is 15.1. The highest BCUT2D eigenvalue weighted by molar-refractivity contribution is 8.76. The van der Waals surface area contributed by atoms with Crippen molar-refractivity contribution in [1.82, 2.24) is 0 Å². The van der Waals surface area contributed by atoms with Gasteiger partial charge >= 0.3 is 0 Å². The molecule has 6 heteroatoms. The largest absolute Gasteiger partial charge is 0.371 e. The molecule has 0 unspecified atom stereocenters. The fourth-order valence-electron chi connectivity index (χ4n) is 4.41. The number of aromatic nitrogens is 1. The van der Waals surface area contributed by atoms with E-state index in [1.807, 2.05) is 45.6 Å². The number of quaternary nitrogens is 1. The molecule has 0 spiro atoms. The Hall–Kier alpha value is -3.19. The molecule has 0 bridgehead atoms. The van der Waals surface area contributed by atoms with Gasteiger partial charge in [0.25, 0.3) is 0 Å². The molecule has 1 heterocycles. The van der Waals surface area contributed by atoms with Crippen molar-refractivity contribution in [3.05, 3.63) is 120 Å². The Morgan fingerprint density at radius 1 is 0.714 bits per heavy atom. The Morgan fingerprint density at radius 2 is 1.19 bits per heavy atom. The maximum absolute atomic E-state index is 2.46. The van der Waals surface area contributed by atoms with Crippen LogP contribution < -0.4 is 19.7 Å². The normalized spacial score (nSPS) is 12.2. The maximum Gasteiger partial charge on any atom is 0.169 e. The van der Waals surface area contributed by atoms with E-state index in [2.05, 4.69) is 146 Å². The highest BCUT2D eigenvalue weighted by atomic mass is 33.1. The van der Waals surface area contributed by atoms with Crippen LogP contribution in [-0.2, 0) is 7.05 Å². The van der Waals surface area contributed by atoms with E-state index in [9.17, 15) is 0 Å². The third-order valence-corrected chi connectivity index (χ3v) is 9.37. The molecule has 0 saturated carbocycles. The third kappa shape index (κ3) is 11.6. The Labute approximate surface area is 262 Å². The Bertz CT molecular complexity index is 1290. The van der Waals surface area contributed by atoms with Gasteiger partial charge in [-0.1, -0.05) is 76.2 Å². The van der Waals surface area contributed by atoms with Gasteiger partial charge in [-0.15, -0.1) is 0 Å². The summed E-state index contributed by atoms with van der Waals surface area (Å²) in [4.78, 5) is 4.93. The van der Waals surface area contributed by atoms with E-state index in [-0.39, 0.29) is 0 Å². The number of aryl methyl sites for hydroxylation is 1. The first-order valence-electron chi connectivity index (χ1n) is 14.9. The van der Waals surface area contributed by atoms with Crippen LogP contribution in [0.5, 0.6) is 0 Å². The number of hydrogen-bond acceptors (Lipinski definition) is 4. The summed E-state index contributed by atoms with van der Waals surface area (Å²) in [5.41, 5.74) is 7.45. The highest BCUT2D eigenvalue weighted by Gasteiger charge is 2.06. The fourth-order valence-corrected chi connectivity index (χ4v) is 6.39. The van der Waals surface area contributed by atoms with Crippen molar-refractivity contribution in [2.75, 3.05) is 54.5 Å². The minimum atomic E-state index is 1.01. The molecule has 0 radical (unpaired) electrons. The van der Waals surface area contributed by atoms with Crippen molar-refractivity contribution >= 4 is 51.2 Å². The van der Waals surface area contributed by atoms with Crippen LogP contribution in [-0.4, -0.2) is 44.7 Å². The van der Waals surface area contributed by atoms with Crippen LogP contribution in [0.15, 0.2) is 103 Å². The lowest BCUT2D eigenvalue weighted by Crippen LogP contribution is -2.72. The van der Waals surface area contributed by atoms with Gasteiger partial charge in [-0.05, 0) is 73.4 Å². The molecular weight excluding hydrogens is 553 g/mol. The van der Waals surface area contributed by atoms with Gasteiger partial charge in [-0.3, -0.25) is 0 Å². The van der Waals surface area contributed by atoms with E-state index >= 15 is 0 Å². The van der Waals surface area contributed by atoms with E-state index in [0.29, 0.717) is 0 Å². The molecule has 222 valence electrons. The molecule has 2 N–H and O–H groups in total. The third-order valence-electron chi connectivity index (χ3n) is 7.01. The average Bonchev–Trinajstić information content (AvgIpc) is 3.03. The monoisotopic (exact) mass is 600 g/mol. The van der Waals surface area contributed by atoms with Gasteiger partial charge in [0.2, 0.25) is 0 Å². The van der Waals surface area contributed by atoms with Gasteiger partial charge in [0.15, 0.2) is 12.4 Å². The summed E-state index contributed by atoms with van der Waals surface area (Å²) in [5.74, 6) is 2.22. The first-order chi connectivity index (χ1) is 20.6. The zero-order valence-corrected chi connectivity index (χ0v) is 27.6. The summed E-state index contributed by atoms with van der Waals surface area (Å²) in [6.07, 6.45) is 19.2. The predicted octanol–water partition coefficient (Wildman–Crippen LogP) is 7.08. The van der Waals surface area contributed by atoms with E-state index in [1.165, 1.54) is 33.6 Å². The number of nitrogens with two attached hydrogens (primary N) is 1. The highest BCUT2D eigenvalue weighted by Crippen LogP contribution is 2.24. The maximum atomic E-state index is 2.46. The molecule has 0 amide bonds. The zero-order valence-electron chi connectivity index (χ0n) is 25.9. The quantitative estimate of drug-likeness (QED) is 0.0775. The first-order valence-corrected chi connectivity index (χ1v) is 17.4. The lowest BCUT2D eigenvalue weighted by atomic mass is 10.1. The second-order valence-electron chi connectivity index (χ2n) is 9.93. The summed E-state index contributed by atoms with van der Waals surface area (Å²) in [6.45, 7) is 10.7. The molecule has 42 heavy (non-hydrogen) atoms. The Balaban J connectivity index is 1.39. The summed E-state index contributed by atoms with van der Waals surface area (Å²) < 4.78 is 2.05. The van der Waals surface area contributed by atoms with Crippen LogP contribution >= 0.6 is 21.6 Å². The standard InChI is InChI=1S/C36H47N4S2/c1-6-31(21-24-37-4)9-10-32-13-17-35(18-14-32)39(7-2)27-29-41-42-30-28-40(8-3)36-19-15-33(16-20-36)11-12-34-22-25-38(5)26-23-34/h6,9-26,37H,7-8,27-30H2,1-5H3/q+1/p+1. The van der Waals surface area contributed by atoms with Crippen LogP contribution in [0.2, 0.25) is 0 Å². The van der Waals surface area contributed by atoms with Crippen LogP contribution in [0.25, 0.3) is 18.2 Å². The van der Waals surface area contributed by atoms with Gasteiger partial charge in [-0.2, -0.15) is 0 Å². The van der Waals surface area contributed by atoms with Crippen molar-refractivity contribution in [2.24, 2.45) is 7.05 Å². The van der Waals surface area contributed by atoms with Crippen LogP contribution in [0.1, 0.15) is 37.5 Å². The van der Waals surface area contributed by atoms with Gasteiger partial charge in [0.05, 0.1) is 13.2 Å². The number of nitrogens with zero attached hydrogens (tertiary/aromatic N) is 3. The molecule has 0 aliphatic heterocycles. The molecule has 0 atom stereocenters. The minimum Gasteiger partial charge on any atom is -0.371 e. The van der Waals surface area contributed by atoms with Crippen LogP contribution in [0.3, 0.4) is 0 Å². The second kappa shape index (κ2) is 19.1. The predicted molar refractivity (Wildman–Crippen MR) is 190 cm³/mol. The van der Waals surface area contributed by atoms with Gasteiger partial charge in [0.1, 0.15) is 7.05 Å². The molecule has 2 aromatic carbocycles. The number of hydrogen-bond donors (Lipinski definition) is 1. The van der Waals surface area contributed by atoms with E-state index in [1.54, 1.807) is 0 Å². The SMILES string of the molecule is CC=C(C=C[NH2+]C)C=Cc1ccc(N(CC)CCSSCCN(CC)c2ccc(C=Cc3cc[n+](C)cc3)cc2)cc1. The summed E-state index contributed by atoms with van der Waals surface area (Å²) in [6, 6.07) is 22.1. The van der Waals surface area contributed by atoms with Crippen LogP contribution in [0.4, 0.5) is 11.4 Å². The van der Waals surface area contributed by atoms with E-state index < -0.39 is 0 Å². The van der Waals surface area contributed by atoms with Gasteiger partial charge in [0, 0.05) is 61.2 Å². The minimum absolute atomic E-state index is 1.01.